The van der Waals surface area contributed by atoms with Gasteiger partial charge in [0.15, 0.2) is 0 Å². The van der Waals surface area contributed by atoms with Crippen molar-refractivity contribution >= 4 is 29.1 Å². The molecule has 0 atom stereocenters. The minimum atomic E-state index is -0.676. The molecule has 4 heteroatoms. The van der Waals surface area contributed by atoms with E-state index < -0.39 is 11.6 Å². The Kier molecular flexibility index (Phi) is 5.53. The molecule has 0 heterocycles. The van der Waals surface area contributed by atoms with Gasteiger partial charge in [-0.3, -0.25) is 0 Å². The number of rotatable bonds is 4. The number of halogens is 2. The Morgan fingerprint density at radius 2 is 1.69 bits per heavy atom. The van der Waals surface area contributed by atoms with E-state index in [1.54, 1.807) is 6.07 Å². The zero-order chi connectivity index (χ0) is 22.1. The van der Waals surface area contributed by atoms with Crippen LogP contribution >= 0.6 is 12.2 Å². The quantitative estimate of drug-likeness (QED) is 0.236. The molecule has 0 saturated heterocycles. The van der Waals surface area contributed by atoms with Crippen molar-refractivity contribution < 1.29 is 8.78 Å². The molecule has 0 amide bonds. The first-order valence-electron chi connectivity index (χ1n) is 10.6. The third-order valence-corrected chi connectivity index (χ3v) is 5.98. The highest BCUT2D eigenvalue weighted by Gasteiger charge is 2.21. The van der Waals surface area contributed by atoms with Gasteiger partial charge >= 0.3 is 0 Å². The van der Waals surface area contributed by atoms with Gasteiger partial charge in [0.05, 0.1) is 16.4 Å². The third kappa shape index (κ3) is 4.46. The number of isothiocyanates is 1. The van der Waals surface area contributed by atoms with E-state index in [1.165, 1.54) is 24.8 Å². The lowest BCUT2D eigenvalue weighted by atomic mass is 9.99. The van der Waals surface area contributed by atoms with Crippen molar-refractivity contribution in [3.8, 4) is 23.0 Å². The molecule has 0 bridgehead atoms. The maximum Gasteiger partial charge on any atom is 0.136 e. The van der Waals surface area contributed by atoms with Gasteiger partial charge in [0, 0.05) is 29.7 Å². The number of fused-ring (bicyclic) bond motifs is 1. The summed E-state index contributed by atoms with van der Waals surface area (Å²) in [4.78, 5) is 3.66. The van der Waals surface area contributed by atoms with Crippen LogP contribution < -0.4 is 0 Å². The Bertz CT molecular complexity index is 1330. The Morgan fingerprint density at radius 1 is 0.938 bits per heavy atom. The fourth-order valence-electron chi connectivity index (χ4n) is 4.06. The zero-order valence-electron chi connectivity index (χ0n) is 17.3. The maximum absolute atomic E-state index is 14.6. The minimum absolute atomic E-state index is 0.0676. The van der Waals surface area contributed by atoms with Gasteiger partial charge in [-0.15, -0.1) is 0 Å². The van der Waals surface area contributed by atoms with Gasteiger partial charge in [-0.1, -0.05) is 36.1 Å². The van der Waals surface area contributed by atoms with Crippen LogP contribution in [0.15, 0.2) is 65.2 Å². The van der Waals surface area contributed by atoms with Gasteiger partial charge in [0.2, 0.25) is 0 Å². The van der Waals surface area contributed by atoms with Crippen molar-refractivity contribution in [2.24, 2.45) is 10.9 Å². The van der Waals surface area contributed by atoms with E-state index >= 15 is 0 Å². The van der Waals surface area contributed by atoms with Crippen molar-refractivity contribution in [2.45, 2.75) is 25.7 Å². The number of allylic oxidation sites excluding steroid dienone is 1. The molecule has 1 saturated carbocycles. The van der Waals surface area contributed by atoms with Crippen LogP contribution in [0.3, 0.4) is 0 Å². The predicted molar refractivity (Wildman–Crippen MR) is 128 cm³/mol. The molecule has 3 aromatic carbocycles. The molecule has 3 aromatic rings. The SMILES string of the molecule is Fc1cc(N=C=S)cc(F)c1-c1ccc2c(c1)CC(C#Cc1ccc(CC3CC3)cc1)=C2. The van der Waals surface area contributed by atoms with E-state index in [4.69, 9.17) is 0 Å². The molecule has 2 aliphatic carbocycles. The highest BCUT2D eigenvalue weighted by Crippen LogP contribution is 2.34. The number of aliphatic imine (C=N–C) groups is 1. The molecule has 0 aromatic heterocycles. The lowest BCUT2D eigenvalue weighted by molar-refractivity contribution is 0.590. The molecule has 0 radical (unpaired) electrons. The largest absolute Gasteiger partial charge is 0.206 e. The molecular formula is C28H19F2NS. The van der Waals surface area contributed by atoms with Crippen LogP contribution in [0.5, 0.6) is 0 Å². The lowest BCUT2D eigenvalue weighted by Gasteiger charge is -2.08. The van der Waals surface area contributed by atoms with E-state index in [1.807, 2.05) is 18.2 Å². The standard InChI is InChI=1S/C28H19F2NS/c29-26-15-25(31-17-32)16-27(30)28(26)23-10-9-22-12-21(13-24(22)14-23)8-3-18-1-4-19(5-2-18)11-20-6-7-20/h1-2,4-5,9-10,12,14-16,20H,6-7,11,13H2. The molecule has 1 fully saturated rings. The summed E-state index contributed by atoms with van der Waals surface area (Å²) in [5.41, 5.74) is 5.93. The third-order valence-electron chi connectivity index (χ3n) is 5.89. The van der Waals surface area contributed by atoms with Crippen LogP contribution in [0, 0.1) is 29.4 Å². The fourth-order valence-corrected chi connectivity index (χ4v) is 4.17. The molecule has 0 spiro atoms. The molecule has 5 rings (SSSR count). The maximum atomic E-state index is 14.6. The van der Waals surface area contributed by atoms with Gasteiger partial charge in [-0.25, -0.2) is 8.78 Å². The van der Waals surface area contributed by atoms with Gasteiger partial charge in [-0.2, -0.15) is 4.99 Å². The molecule has 0 N–H and O–H groups in total. The average Bonchev–Trinajstić information content (AvgIpc) is 3.49. The number of hydrogen-bond donors (Lipinski definition) is 0. The Labute approximate surface area is 191 Å². The zero-order valence-corrected chi connectivity index (χ0v) is 18.1. The summed E-state index contributed by atoms with van der Waals surface area (Å²) in [5.74, 6) is 6.01. The number of benzene rings is 3. The summed E-state index contributed by atoms with van der Waals surface area (Å²) in [6, 6.07) is 16.3. The molecule has 0 unspecified atom stereocenters. The smallest absolute Gasteiger partial charge is 0.136 e. The van der Waals surface area contributed by atoms with Crippen molar-refractivity contribution in [1.29, 1.82) is 0 Å². The monoisotopic (exact) mass is 439 g/mol. The summed E-state index contributed by atoms with van der Waals surface area (Å²) >= 11 is 4.51. The van der Waals surface area contributed by atoms with Gasteiger partial charge in [0.25, 0.3) is 0 Å². The summed E-state index contributed by atoms with van der Waals surface area (Å²) in [6.07, 6.45) is 6.56. The predicted octanol–water partition coefficient (Wildman–Crippen LogP) is 7.31. The van der Waals surface area contributed by atoms with E-state index in [9.17, 15) is 8.78 Å². The average molecular weight is 440 g/mol. The second-order valence-electron chi connectivity index (χ2n) is 8.34. The number of hydrogen-bond acceptors (Lipinski definition) is 2. The summed E-state index contributed by atoms with van der Waals surface area (Å²) in [7, 11) is 0. The Balaban J connectivity index is 1.34. The highest BCUT2D eigenvalue weighted by molar-refractivity contribution is 7.78. The van der Waals surface area contributed by atoms with Crippen molar-refractivity contribution in [3.05, 3.63) is 94.1 Å². The molecule has 156 valence electrons. The van der Waals surface area contributed by atoms with Crippen molar-refractivity contribution in [3.63, 3.8) is 0 Å². The molecule has 0 aliphatic heterocycles. The Morgan fingerprint density at radius 3 is 2.38 bits per heavy atom. The number of nitrogens with zero attached hydrogens (tertiary/aromatic N) is 1. The second-order valence-corrected chi connectivity index (χ2v) is 8.52. The summed E-state index contributed by atoms with van der Waals surface area (Å²) < 4.78 is 29.1. The first-order chi connectivity index (χ1) is 15.6. The van der Waals surface area contributed by atoms with E-state index in [-0.39, 0.29) is 11.3 Å². The van der Waals surface area contributed by atoms with Crippen LogP contribution in [0.2, 0.25) is 0 Å². The van der Waals surface area contributed by atoms with Crippen LogP contribution in [0.1, 0.15) is 35.1 Å². The number of thiocarbonyl (C=S) groups is 1. The minimum Gasteiger partial charge on any atom is -0.206 e. The first-order valence-corrected chi connectivity index (χ1v) is 11.0. The fraction of sp³-hybridized carbons (Fsp3) is 0.179. The first kappa shape index (κ1) is 20.5. The topological polar surface area (TPSA) is 12.4 Å². The van der Waals surface area contributed by atoms with E-state index in [0.29, 0.717) is 12.0 Å². The second kappa shape index (κ2) is 8.63. The van der Waals surface area contributed by atoms with Crippen LogP contribution in [0.4, 0.5) is 14.5 Å². The highest BCUT2D eigenvalue weighted by atomic mass is 32.1. The van der Waals surface area contributed by atoms with E-state index in [2.05, 4.69) is 58.5 Å². The van der Waals surface area contributed by atoms with Crippen LogP contribution in [0.25, 0.3) is 17.2 Å². The molecule has 1 nitrogen and oxygen atoms in total. The van der Waals surface area contributed by atoms with Crippen molar-refractivity contribution in [1.82, 2.24) is 0 Å². The molecule has 2 aliphatic rings. The summed E-state index contributed by atoms with van der Waals surface area (Å²) in [6.45, 7) is 0. The summed E-state index contributed by atoms with van der Waals surface area (Å²) in [5, 5.41) is 2.13. The normalized spacial score (nSPS) is 14.1. The van der Waals surface area contributed by atoms with Crippen LogP contribution in [-0.4, -0.2) is 5.16 Å². The Hall–Kier alpha value is -3.38. The molecular weight excluding hydrogens is 420 g/mol. The van der Waals surface area contributed by atoms with Gasteiger partial charge < -0.3 is 0 Å². The van der Waals surface area contributed by atoms with Gasteiger partial charge in [-0.05, 0) is 83.9 Å². The van der Waals surface area contributed by atoms with Gasteiger partial charge in [0.1, 0.15) is 11.6 Å². The van der Waals surface area contributed by atoms with Crippen LogP contribution in [-0.2, 0) is 12.8 Å². The molecule has 32 heavy (non-hydrogen) atoms. The van der Waals surface area contributed by atoms with Crippen molar-refractivity contribution in [2.75, 3.05) is 0 Å². The van der Waals surface area contributed by atoms with E-state index in [0.717, 1.165) is 40.3 Å². The lowest BCUT2D eigenvalue weighted by Crippen LogP contribution is -1.92.